The van der Waals surface area contributed by atoms with Crippen molar-refractivity contribution in [3.05, 3.63) is 241 Å². The highest BCUT2D eigenvalue weighted by Crippen LogP contribution is 2.54. The Hall–Kier alpha value is -7.94. The lowest BCUT2D eigenvalue weighted by molar-refractivity contribution is 0.590. The van der Waals surface area contributed by atoms with E-state index in [0.717, 1.165) is 34.9 Å². The molecule has 0 spiro atoms. The van der Waals surface area contributed by atoms with Crippen LogP contribution in [0.3, 0.4) is 0 Å². The number of nitrogens with zero attached hydrogens (tertiary/aromatic N) is 2. The molecule has 2 nitrogen and oxygen atoms in total. The molecular formula is C69H60N2. The Balaban J connectivity index is 1.24. The van der Waals surface area contributed by atoms with Crippen molar-refractivity contribution >= 4 is 88.0 Å². The van der Waals surface area contributed by atoms with Crippen molar-refractivity contribution in [2.45, 2.75) is 71.1 Å². The summed E-state index contributed by atoms with van der Waals surface area (Å²) in [6.45, 7) is 16.2. The molecule has 12 rings (SSSR count). The summed E-state index contributed by atoms with van der Waals surface area (Å²) in [5.74, 6) is 0. The predicted octanol–water partition coefficient (Wildman–Crippen LogP) is 19.9. The summed E-state index contributed by atoms with van der Waals surface area (Å²) in [7, 11) is 0. The zero-order valence-electron chi connectivity index (χ0n) is 42.0. The van der Waals surface area contributed by atoms with E-state index in [-0.39, 0.29) is 16.2 Å². The van der Waals surface area contributed by atoms with Crippen LogP contribution in [0, 0.1) is 0 Å². The third-order valence-corrected chi connectivity index (χ3v) is 15.3. The molecule has 1 unspecified atom stereocenters. The van der Waals surface area contributed by atoms with Gasteiger partial charge in [-0.3, -0.25) is 0 Å². The Bertz CT molecular complexity index is 3850. The van der Waals surface area contributed by atoms with Crippen molar-refractivity contribution in [2.75, 3.05) is 9.80 Å². The molecule has 0 saturated heterocycles. The van der Waals surface area contributed by atoms with Gasteiger partial charge in [0.05, 0.1) is 22.7 Å². The van der Waals surface area contributed by atoms with E-state index in [2.05, 4.69) is 283 Å². The average molecular weight is 917 g/mol. The van der Waals surface area contributed by atoms with E-state index in [1.54, 1.807) is 0 Å². The molecule has 0 aromatic heterocycles. The molecule has 71 heavy (non-hydrogen) atoms. The third kappa shape index (κ3) is 7.56. The van der Waals surface area contributed by atoms with Gasteiger partial charge >= 0.3 is 0 Å². The van der Waals surface area contributed by atoms with Crippen LogP contribution in [0.1, 0.15) is 71.6 Å². The molecule has 346 valence electrons. The Morgan fingerprint density at radius 1 is 0.394 bits per heavy atom. The quantitative estimate of drug-likeness (QED) is 0.140. The van der Waals surface area contributed by atoms with Crippen LogP contribution >= 0.6 is 0 Å². The molecule has 0 heterocycles. The molecule has 2 heteroatoms. The van der Waals surface area contributed by atoms with Crippen LogP contribution in [0.2, 0.25) is 0 Å². The fourth-order valence-electron chi connectivity index (χ4n) is 11.4. The van der Waals surface area contributed by atoms with E-state index in [1.807, 2.05) is 0 Å². The van der Waals surface area contributed by atoms with Crippen molar-refractivity contribution in [3.8, 4) is 11.1 Å². The number of rotatable bonds is 8. The predicted molar refractivity (Wildman–Crippen MR) is 308 cm³/mol. The maximum absolute atomic E-state index is 2.55. The van der Waals surface area contributed by atoms with Gasteiger partial charge in [0.1, 0.15) is 0 Å². The molecule has 0 N–H and O–H groups in total. The second kappa shape index (κ2) is 16.9. The van der Waals surface area contributed by atoms with Crippen molar-refractivity contribution in [1.29, 1.82) is 0 Å². The largest absolute Gasteiger partial charge is 0.309 e. The maximum Gasteiger partial charge on any atom is 0.0547 e. The highest BCUT2D eigenvalue weighted by atomic mass is 15.2. The van der Waals surface area contributed by atoms with Gasteiger partial charge in [-0.1, -0.05) is 224 Å². The minimum atomic E-state index is -0.263. The number of benzene rings is 11. The van der Waals surface area contributed by atoms with Crippen LogP contribution in [0.25, 0.3) is 65.0 Å². The topological polar surface area (TPSA) is 6.48 Å². The molecule has 11 aromatic carbocycles. The first-order valence-corrected chi connectivity index (χ1v) is 25.3. The molecule has 0 fully saturated rings. The molecule has 0 aliphatic heterocycles. The Morgan fingerprint density at radius 2 is 0.859 bits per heavy atom. The van der Waals surface area contributed by atoms with Crippen LogP contribution in [-0.4, -0.2) is 0 Å². The van der Waals surface area contributed by atoms with E-state index in [0.29, 0.717) is 0 Å². The van der Waals surface area contributed by atoms with Crippen LogP contribution in [0.15, 0.2) is 224 Å². The second-order valence-corrected chi connectivity index (χ2v) is 22.0. The molecular weight excluding hydrogens is 857 g/mol. The highest BCUT2D eigenvalue weighted by molar-refractivity contribution is 6.31. The molecule has 1 aliphatic rings. The van der Waals surface area contributed by atoms with Gasteiger partial charge in [0.15, 0.2) is 0 Å². The molecule has 11 aromatic rings. The number of hydrogen-bond donors (Lipinski definition) is 0. The summed E-state index contributed by atoms with van der Waals surface area (Å²) < 4.78 is 0. The van der Waals surface area contributed by atoms with Gasteiger partial charge in [-0.25, -0.2) is 0 Å². The van der Waals surface area contributed by atoms with E-state index in [1.165, 1.54) is 87.4 Å². The monoisotopic (exact) mass is 916 g/mol. The maximum atomic E-state index is 2.55. The third-order valence-electron chi connectivity index (χ3n) is 15.3. The van der Waals surface area contributed by atoms with Crippen molar-refractivity contribution < 1.29 is 0 Å². The van der Waals surface area contributed by atoms with Gasteiger partial charge in [0, 0.05) is 43.7 Å². The Labute approximate surface area is 419 Å². The van der Waals surface area contributed by atoms with Gasteiger partial charge in [-0.05, 0) is 121 Å². The zero-order valence-corrected chi connectivity index (χ0v) is 42.0. The molecule has 1 aliphatic carbocycles. The molecule has 1 atom stereocenters. The summed E-state index contributed by atoms with van der Waals surface area (Å²) in [4.78, 5) is 5.08. The van der Waals surface area contributed by atoms with Crippen molar-refractivity contribution in [1.82, 2.24) is 0 Å². The smallest absolute Gasteiger partial charge is 0.0547 e. The number of anilines is 6. The van der Waals surface area contributed by atoms with Gasteiger partial charge in [0.25, 0.3) is 0 Å². The average Bonchev–Trinajstić information content (AvgIpc) is 3.39. The van der Waals surface area contributed by atoms with E-state index >= 15 is 0 Å². The summed E-state index contributed by atoms with van der Waals surface area (Å²) in [5, 5.41) is 12.4. The van der Waals surface area contributed by atoms with E-state index in [9.17, 15) is 0 Å². The molecule has 0 bridgehead atoms. The first-order chi connectivity index (χ1) is 34.4. The SMILES string of the molecule is CC(C)(C)c1ccc(N(c2cccc3ccccc23)c2cc(-c3ccccc3)c3ccc4c(N(c5ccc(C(C)(C)C)cc5)c5cccc6ccccc56)cc(C5(C)C=CC=CC5)c5ccc2c3c45)cc1. The lowest BCUT2D eigenvalue weighted by atomic mass is 9.74. The van der Waals surface area contributed by atoms with Gasteiger partial charge in [-0.15, -0.1) is 0 Å². The summed E-state index contributed by atoms with van der Waals surface area (Å²) in [6, 6.07) is 75.5. The number of allylic oxidation sites excluding steroid dienone is 4. The summed E-state index contributed by atoms with van der Waals surface area (Å²) in [6.07, 6.45) is 10.1. The highest BCUT2D eigenvalue weighted by Gasteiger charge is 2.32. The Kier molecular flexibility index (Phi) is 10.5. The lowest BCUT2D eigenvalue weighted by Crippen LogP contribution is -2.21. The lowest BCUT2D eigenvalue weighted by Gasteiger charge is -2.35. The van der Waals surface area contributed by atoms with Gasteiger partial charge in [-0.2, -0.15) is 0 Å². The minimum Gasteiger partial charge on any atom is -0.309 e. The molecule has 0 amide bonds. The van der Waals surface area contributed by atoms with Crippen LogP contribution in [0.4, 0.5) is 34.1 Å². The minimum absolute atomic E-state index is 0.0141. The fraction of sp³-hybridized carbons (Fsp3) is 0.159. The van der Waals surface area contributed by atoms with E-state index in [4.69, 9.17) is 0 Å². The Morgan fingerprint density at radius 3 is 1.38 bits per heavy atom. The van der Waals surface area contributed by atoms with Gasteiger partial charge in [0.2, 0.25) is 0 Å². The van der Waals surface area contributed by atoms with Crippen LogP contribution in [0.5, 0.6) is 0 Å². The van der Waals surface area contributed by atoms with Crippen LogP contribution < -0.4 is 9.80 Å². The van der Waals surface area contributed by atoms with Gasteiger partial charge < -0.3 is 9.80 Å². The second-order valence-electron chi connectivity index (χ2n) is 22.0. The zero-order chi connectivity index (χ0) is 48.6. The normalized spacial score (nSPS) is 15.1. The van der Waals surface area contributed by atoms with Crippen LogP contribution in [-0.2, 0) is 16.2 Å². The molecule has 0 saturated carbocycles. The number of hydrogen-bond acceptors (Lipinski definition) is 2. The van der Waals surface area contributed by atoms with E-state index < -0.39 is 0 Å². The standard InChI is InChI=1S/C69H60N2/c1-67(2,3)49-30-34-51(35-31-49)70(61-28-18-24-46-22-12-14-26-53(46)61)63-44-59(48-20-10-8-11-21-48)55-38-40-58-64(45-60(69(7)42-16-9-17-43-69)56-39-41-57(63)65(55)66(56)58)71(52-36-32-50(33-37-52)68(4,5)6)62-29-19-25-47-23-13-15-27-54(47)62/h8-42,44-45H,43H2,1-7H3. The number of fused-ring (bicyclic) bond motifs is 2. The molecule has 0 radical (unpaired) electrons. The van der Waals surface area contributed by atoms with Crippen molar-refractivity contribution in [2.24, 2.45) is 0 Å². The van der Waals surface area contributed by atoms with Crippen molar-refractivity contribution in [3.63, 3.8) is 0 Å². The fourth-order valence-corrected chi connectivity index (χ4v) is 11.4. The summed E-state index contributed by atoms with van der Waals surface area (Å²) in [5.41, 5.74) is 13.0. The summed E-state index contributed by atoms with van der Waals surface area (Å²) >= 11 is 0. The first-order valence-electron chi connectivity index (χ1n) is 25.3. The first kappa shape index (κ1) is 44.3.